The van der Waals surface area contributed by atoms with Crippen LogP contribution < -0.4 is 4.90 Å². The molecule has 4 heteroatoms. The van der Waals surface area contributed by atoms with Crippen LogP contribution in [0.15, 0.2) is 30.3 Å². The molecule has 1 aromatic carbocycles. The molecule has 1 amide bonds. The fourth-order valence-electron chi connectivity index (χ4n) is 4.08. The average molecular weight is 286 g/mol. The van der Waals surface area contributed by atoms with Crippen LogP contribution in [0, 0.1) is 11.8 Å². The summed E-state index contributed by atoms with van der Waals surface area (Å²) < 4.78 is 5.45. The number of carbonyl (C=O) groups excluding carboxylic acids is 1. The van der Waals surface area contributed by atoms with Gasteiger partial charge >= 0.3 is 0 Å². The zero-order chi connectivity index (χ0) is 14.2. The summed E-state index contributed by atoms with van der Waals surface area (Å²) in [5, 5.41) is 0. The first-order chi connectivity index (χ1) is 10.3. The number of hydrogen-bond acceptors (Lipinski definition) is 3. The van der Waals surface area contributed by atoms with Crippen molar-refractivity contribution in [3.8, 4) is 0 Å². The van der Waals surface area contributed by atoms with Gasteiger partial charge < -0.3 is 9.64 Å². The maximum Gasteiger partial charge on any atom is 0.231 e. The summed E-state index contributed by atoms with van der Waals surface area (Å²) in [6.07, 6.45) is 2.24. The predicted octanol–water partition coefficient (Wildman–Crippen LogP) is 1.76. The highest BCUT2D eigenvalue weighted by atomic mass is 16.5. The maximum absolute atomic E-state index is 12.7. The second kappa shape index (κ2) is 5.43. The molecular formula is C17H22N2O2. The van der Waals surface area contributed by atoms with E-state index < -0.39 is 0 Å². The van der Waals surface area contributed by atoms with E-state index in [1.54, 1.807) is 0 Å². The Morgan fingerprint density at radius 3 is 2.48 bits per heavy atom. The molecule has 0 N–H and O–H groups in total. The van der Waals surface area contributed by atoms with Crippen LogP contribution in [0.4, 0.5) is 5.69 Å². The number of nitrogens with zero attached hydrogens (tertiary/aromatic N) is 2. The monoisotopic (exact) mass is 286 g/mol. The smallest absolute Gasteiger partial charge is 0.231 e. The molecule has 2 atom stereocenters. The summed E-state index contributed by atoms with van der Waals surface area (Å²) in [4.78, 5) is 17.2. The standard InChI is InChI=1S/C17H22N2O2/c20-17-16-12-18(14-6-8-21-9-7-14)10-13(16)11-19(17)15-4-2-1-3-5-15/h1-5,13-14,16H,6-12H2/t13-,16-/m1/s1. The number of fused-ring (bicyclic) bond motifs is 1. The third-order valence-corrected chi connectivity index (χ3v) is 5.24. The average Bonchev–Trinajstić information content (AvgIpc) is 3.09. The highest BCUT2D eigenvalue weighted by Gasteiger charge is 2.47. The molecule has 3 heterocycles. The first-order valence-electron chi connectivity index (χ1n) is 8.01. The van der Waals surface area contributed by atoms with E-state index in [1.165, 1.54) is 0 Å². The molecule has 0 saturated carbocycles. The molecule has 112 valence electrons. The number of carbonyl (C=O) groups is 1. The minimum Gasteiger partial charge on any atom is -0.381 e. The SMILES string of the molecule is O=C1[C@@H]2CN(C3CCOCC3)C[C@@H]2CN1c1ccccc1. The van der Waals surface area contributed by atoms with Crippen LogP contribution in [0.5, 0.6) is 0 Å². The number of hydrogen-bond donors (Lipinski definition) is 0. The molecule has 3 aliphatic heterocycles. The Kier molecular flexibility index (Phi) is 3.43. The van der Waals surface area contributed by atoms with Gasteiger partial charge in [-0.15, -0.1) is 0 Å². The van der Waals surface area contributed by atoms with Gasteiger partial charge in [-0.05, 0) is 25.0 Å². The van der Waals surface area contributed by atoms with Gasteiger partial charge in [0.25, 0.3) is 0 Å². The molecular weight excluding hydrogens is 264 g/mol. The van der Waals surface area contributed by atoms with Crippen LogP contribution in [0.25, 0.3) is 0 Å². The molecule has 1 aromatic rings. The van der Waals surface area contributed by atoms with E-state index >= 15 is 0 Å². The van der Waals surface area contributed by atoms with Crippen molar-refractivity contribution >= 4 is 11.6 Å². The fraction of sp³-hybridized carbons (Fsp3) is 0.588. The molecule has 3 fully saturated rings. The third-order valence-electron chi connectivity index (χ3n) is 5.24. The molecule has 4 nitrogen and oxygen atoms in total. The Balaban J connectivity index is 1.45. The van der Waals surface area contributed by atoms with Crippen LogP contribution in [-0.4, -0.2) is 49.7 Å². The van der Waals surface area contributed by atoms with Gasteiger partial charge in [-0.2, -0.15) is 0 Å². The Morgan fingerprint density at radius 1 is 1.00 bits per heavy atom. The Hall–Kier alpha value is -1.39. The molecule has 21 heavy (non-hydrogen) atoms. The minimum atomic E-state index is 0.202. The molecule has 0 unspecified atom stereocenters. The van der Waals surface area contributed by atoms with E-state index in [0.717, 1.165) is 51.4 Å². The van der Waals surface area contributed by atoms with Gasteiger partial charge in [0.1, 0.15) is 0 Å². The number of benzene rings is 1. The fourth-order valence-corrected chi connectivity index (χ4v) is 4.08. The van der Waals surface area contributed by atoms with Crippen molar-refractivity contribution in [2.45, 2.75) is 18.9 Å². The number of anilines is 1. The van der Waals surface area contributed by atoms with Crippen LogP contribution in [-0.2, 0) is 9.53 Å². The van der Waals surface area contributed by atoms with E-state index in [4.69, 9.17) is 4.74 Å². The summed E-state index contributed by atoms with van der Waals surface area (Å²) in [6.45, 7) is 4.65. The van der Waals surface area contributed by atoms with Gasteiger partial charge in [0.05, 0.1) is 5.92 Å². The molecule has 3 aliphatic rings. The van der Waals surface area contributed by atoms with Gasteiger partial charge in [-0.1, -0.05) is 18.2 Å². The van der Waals surface area contributed by atoms with Crippen LogP contribution in [0.1, 0.15) is 12.8 Å². The van der Waals surface area contributed by atoms with Crippen LogP contribution in [0.3, 0.4) is 0 Å². The lowest BCUT2D eigenvalue weighted by Gasteiger charge is -2.32. The number of amides is 1. The number of rotatable bonds is 2. The van der Waals surface area contributed by atoms with E-state index in [1.807, 2.05) is 35.2 Å². The molecule has 0 radical (unpaired) electrons. The lowest BCUT2D eigenvalue weighted by Crippen LogP contribution is -2.40. The lowest BCUT2D eigenvalue weighted by atomic mass is 10.0. The normalized spacial score (nSPS) is 30.9. The first kappa shape index (κ1) is 13.3. The van der Waals surface area contributed by atoms with Crippen molar-refractivity contribution in [3.63, 3.8) is 0 Å². The van der Waals surface area contributed by atoms with Gasteiger partial charge in [-0.25, -0.2) is 0 Å². The first-order valence-corrected chi connectivity index (χ1v) is 8.01. The van der Waals surface area contributed by atoms with Crippen molar-refractivity contribution in [3.05, 3.63) is 30.3 Å². The molecule has 4 rings (SSSR count). The Bertz CT molecular complexity index is 513. The summed E-state index contributed by atoms with van der Waals surface area (Å²) in [6, 6.07) is 10.7. The van der Waals surface area contributed by atoms with Crippen LogP contribution >= 0.6 is 0 Å². The number of ether oxygens (including phenoxy) is 1. The Labute approximate surface area is 125 Å². The lowest BCUT2D eigenvalue weighted by molar-refractivity contribution is -0.120. The van der Waals surface area contributed by atoms with Gasteiger partial charge in [-0.3, -0.25) is 9.69 Å². The Morgan fingerprint density at radius 2 is 1.76 bits per heavy atom. The maximum atomic E-state index is 12.7. The summed E-state index contributed by atoms with van der Waals surface area (Å²) in [5.74, 6) is 1.02. The zero-order valence-electron chi connectivity index (χ0n) is 12.3. The van der Waals surface area contributed by atoms with E-state index in [-0.39, 0.29) is 5.92 Å². The molecule has 0 spiro atoms. The van der Waals surface area contributed by atoms with Crippen molar-refractivity contribution in [1.82, 2.24) is 4.90 Å². The summed E-state index contributed by atoms with van der Waals surface area (Å²) in [7, 11) is 0. The van der Waals surface area contributed by atoms with Gasteiger partial charge in [0.15, 0.2) is 0 Å². The van der Waals surface area contributed by atoms with E-state index in [0.29, 0.717) is 17.9 Å². The molecule has 3 saturated heterocycles. The quantitative estimate of drug-likeness (QED) is 0.830. The topological polar surface area (TPSA) is 32.8 Å². The van der Waals surface area contributed by atoms with Crippen molar-refractivity contribution < 1.29 is 9.53 Å². The largest absolute Gasteiger partial charge is 0.381 e. The second-order valence-electron chi connectivity index (χ2n) is 6.45. The number of para-hydroxylation sites is 1. The van der Waals surface area contributed by atoms with Gasteiger partial charge in [0, 0.05) is 50.5 Å². The third kappa shape index (κ3) is 2.36. The molecule has 0 aliphatic carbocycles. The number of likely N-dealkylation sites (tertiary alicyclic amines) is 1. The van der Waals surface area contributed by atoms with Gasteiger partial charge in [0.2, 0.25) is 5.91 Å². The van der Waals surface area contributed by atoms with E-state index in [9.17, 15) is 4.79 Å². The molecule has 0 bridgehead atoms. The highest BCUT2D eigenvalue weighted by molar-refractivity contribution is 5.98. The van der Waals surface area contributed by atoms with Crippen molar-refractivity contribution in [1.29, 1.82) is 0 Å². The highest BCUT2D eigenvalue weighted by Crippen LogP contribution is 2.36. The van der Waals surface area contributed by atoms with E-state index in [2.05, 4.69) is 4.90 Å². The molecule has 0 aromatic heterocycles. The summed E-state index contributed by atoms with van der Waals surface area (Å²) >= 11 is 0. The minimum absolute atomic E-state index is 0.202. The second-order valence-corrected chi connectivity index (χ2v) is 6.45. The van der Waals surface area contributed by atoms with Crippen molar-refractivity contribution in [2.24, 2.45) is 11.8 Å². The van der Waals surface area contributed by atoms with Crippen LogP contribution in [0.2, 0.25) is 0 Å². The zero-order valence-corrected chi connectivity index (χ0v) is 12.3. The van der Waals surface area contributed by atoms with Crippen molar-refractivity contribution in [2.75, 3.05) is 37.7 Å². The predicted molar refractivity (Wildman–Crippen MR) is 81.2 cm³/mol. The summed E-state index contributed by atoms with van der Waals surface area (Å²) in [5.41, 5.74) is 1.05.